The number of benzene rings is 3. The topological polar surface area (TPSA) is 146 Å². The predicted molar refractivity (Wildman–Crippen MR) is 124 cm³/mol. The first-order valence-electron chi connectivity index (χ1n) is 9.90. The van der Waals surface area contributed by atoms with Crippen LogP contribution in [-0.2, 0) is 0 Å². The van der Waals surface area contributed by atoms with Gasteiger partial charge in [-0.1, -0.05) is 30.3 Å². The Labute approximate surface area is 192 Å². The Morgan fingerprint density at radius 3 is 2.29 bits per heavy atom. The maximum atomic E-state index is 12.3. The Balaban J connectivity index is 1.63. The van der Waals surface area contributed by atoms with Gasteiger partial charge in [0, 0.05) is 47.2 Å². The van der Waals surface area contributed by atoms with E-state index in [0.29, 0.717) is 16.8 Å². The Morgan fingerprint density at radius 1 is 0.912 bits per heavy atom. The summed E-state index contributed by atoms with van der Waals surface area (Å²) in [5.41, 5.74) is 4.57. The fourth-order valence-electron chi connectivity index (χ4n) is 3.15. The summed E-state index contributed by atoms with van der Waals surface area (Å²) in [7, 11) is 0. The van der Waals surface area contributed by atoms with E-state index < -0.39 is 15.8 Å². The standard InChI is InChI=1S/C23H16N6O5/c30-23(16-9-11-20(12-10-16)28(31)32)25-24-14-18-15-27(19-6-2-1-3-7-19)26-22(18)17-5-4-8-21(13-17)29(33)34/h1-15H,(H,25,30)/b24-14-. The Kier molecular flexibility index (Phi) is 6.17. The first-order valence-corrected chi connectivity index (χ1v) is 9.90. The number of hydrogen-bond acceptors (Lipinski definition) is 7. The number of para-hydroxylation sites is 1. The van der Waals surface area contributed by atoms with Gasteiger partial charge in [-0.05, 0) is 24.3 Å². The van der Waals surface area contributed by atoms with E-state index in [2.05, 4.69) is 15.6 Å². The molecule has 0 saturated heterocycles. The molecule has 0 unspecified atom stereocenters. The number of carbonyl (C=O) groups is 1. The Morgan fingerprint density at radius 2 is 1.62 bits per heavy atom. The number of nitro groups is 2. The SMILES string of the molecule is O=C(N/N=C\c1cn(-c2ccccc2)nc1-c1cccc([N+](=O)[O-])c1)c1ccc([N+](=O)[O-])cc1. The number of carbonyl (C=O) groups excluding carboxylic acids is 1. The molecular weight excluding hydrogens is 440 g/mol. The van der Waals surface area contributed by atoms with Gasteiger partial charge in [0.15, 0.2) is 0 Å². The van der Waals surface area contributed by atoms with Gasteiger partial charge in [0.25, 0.3) is 17.3 Å². The molecule has 0 saturated carbocycles. The average molecular weight is 456 g/mol. The highest BCUT2D eigenvalue weighted by Crippen LogP contribution is 2.26. The van der Waals surface area contributed by atoms with E-state index in [9.17, 15) is 25.0 Å². The van der Waals surface area contributed by atoms with E-state index >= 15 is 0 Å². The lowest BCUT2D eigenvalue weighted by atomic mass is 10.1. The van der Waals surface area contributed by atoms with Crippen molar-refractivity contribution in [1.82, 2.24) is 15.2 Å². The van der Waals surface area contributed by atoms with Crippen molar-refractivity contribution in [3.63, 3.8) is 0 Å². The highest BCUT2D eigenvalue weighted by Gasteiger charge is 2.15. The van der Waals surface area contributed by atoms with Gasteiger partial charge in [-0.2, -0.15) is 10.2 Å². The van der Waals surface area contributed by atoms with Crippen LogP contribution in [0.2, 0.25) is 0 Å². The van der Waals surface area contributed by atoms with Gasteiger partial charge < -0.3 is 0 Å². The monoisotopic (exact) mass is 456 g/mol. The normalized spacial score (nSPS) is 10.8. The Hall–Kier alpha value is -5.19. The van der Waals surface area contributed by atoms with Crippen molar-refractivity contribution in [3.8, 4) is 16.9 Å². The molecule has 1 aromatic heterocycles. The fraction of sp³-hybridized carbons (Fsp3) is 0. The third-order valence-corrected chi connectivity index (χ3v) is 4.80. The quantitative estimate of drug-likeness (QED) is 0.251. The zero-order chi connectivity index (χ0) is 24.1. The lowest BCUT2D eigenvalue weighted by Gasteiger charge is -2.01. The molecule has 0 fully saturated rings. The van der Waals surface area contributed by atoms with Crippen molar-refractivity contribution in [3.05, 3.63) is 116 Å². The molecule has 1 amide bonds. The smallest absolute Gasteiger partial charge is 0.267 e. The molecule has 0 bridgehead atoms. The molecule has 0 aliphatic carbocycles. The number of amides is 1. The lowest BCUT2D eigenvalue weighted by Crippen LogP contribution is -2.17. The third kappa shape index (κ3) is 4.83. The Bertz CT molecular complexity index is 1400. The van der Waals surface area contributed by atoms with Crippen LogP contribution < -0.4 is 5.43 Å². The minimum atomic E-state index is -0.557. The number of nitro benzene ring substituents is 2. The van der Waals surface area contributed by atoms with Crippen molar-refractivity contribution < 1.29 is 14.6 Å². The maximum Gasteiger partial charge on any atom is 0.271 e. The number of nitrogens with one attached hydrogen (secondary N) is 1. The summed E-state index contributed by atoms with van der Waals surface area (Å²) in [5, 5.41) is 30.5. The van der Waals surface area contributed by atoms with Crippen LogP contribution in [0.3, 0.4) is 0 Å². The van der Waals surface area contributed by atoms with Gasteiger partial charge >= 0.3 is 0 Å². The number of hydrazone groups is 1. The van der Waals surface area contributed by atoms with E-state index in [0.717, 1.165) is 5.69 Å². The van der Waals surface area contributed by atoms with Crippen LogP contribution in [0.25, 0.3) is 16.9 Å². The van der Waals surface area contributed by atoms with Crippen molar-refractivity contribution >= 4 is 23.5 Å². The van der Waals surface area contributed by atoms with Crippen molar-refractivity contribution in [1.29, 1.82) is 0 Å². The molecule has 1 heterocycles. The third-order valence-electron chi connectivity index (χ3n) is 4.80. The zero-order valence-corrected chi connectivity index (χ0v) is 17.4. The predicted octanol–water partition coefficient (Wildman–Crippen LogP) is 4.12. The van der Waals surface area contributed by atoms with Crippen molar-refractivity contribution in [2.24, 2.45) is 5.10 Å². The molecule has 11 heteroatoms. The summed E-state index contributed by atoms with van der Waals surface area (Å²) in [6, 6.07) is 20.4. The fourth-order valence-corrected chi connectivity index (χ4v) is 3.15. The van der Waals surface area contributed by atoms with E-state index in [1.165, 1.54) is 42.6 Å². The molecule has 4 rings (SSSR count). The van der Waals surface area contributed by atoms with E-state index in [4.69, 9.17) is 0 Å². The molecule has 0 aliphatic rings. The first-order chi connectivity index (χ1) is 16.4. The summed E-state index contributed by atoms with van der Waals surface area (Å²) in [6.45, 7) is 0. The van der Waals surface area contributed by atoms with E-state index in [1.807, 2.05) is 30.3 Å². The second-order valence-corrected chi connectivity index (χ2v) is 7.02. The molecule has 0 radical (unpaired) electrons. The molecule has 3 aromatic carbocycles. The molecule has 0 aliphatic heterocycles. The van der Waals surface area contributed by atoms with Crippen LogP contribution in [-0.4, -0.2) is 31.7 Å². The van der Waals surface area contributed by atoms with Crippen molar-refractivity contribution in [2.75, 3.05) is 0 Å². The van der Waals surface area contributed by atoms with Crippen LogP contribution in [0.5, 0.6) is 0 Å². The van der Waals surface area contributed by atoms with Crippen LogP contribution in [0.15, 0.2) is 90.2 Å². The van der Waals surface area contributed by atoms with Gasteiger partial charge in [0.2, 0.25) is 0 Å². The lowest BCUT2D eigenvalue weighted by molar-refractivity contribution is -0.385. The summed E-state index contributed by atoms with van der Waals surface area (Å²) >= 11 is 0. The summed E-state index contributed by atoms with van der Waals surface area (Å²) in [6.07, 6.45) is 3.06. The molecule has 1 N–H and O–H groups in total. The first kappa shape index (κ1) is 22.0. The van der Waals surface area contributed by atoms with Crippen LogP contribution >= 0.6 is 0 Å². The van der Waals surface area contributed by atoms with Gasteiger partial charge in [0.05, 0.1) is 21.7 Å². The zero-order valence-electron chi connectivity index (χ0n) is 17.4. The summed E-state index contributed by atoms with van der Waals surface area (Å²) < 4.78 is 1.60. The second-order valence-electron chi connectivity index (χ2n) is 7.02. The van der Waals surface area contributed by atoms with Crippen LogP contribution in [0, 0.1) is 20.2 Å². The van der Waals surface area contributed by atoms with Crippen molar-refractivity contribution in [2.45, 2.75) is 0 Å². The number of nitrogens with zero attached hydrogens (tertiary/aromatic N) is 5. The molecule has 0 atom stereocenters. The molecule has 11 nitrogen and oxygen atoms in total. The summed E-state index contributed by atoms with van der Waals surface area (Å²) in [5.74, 6) is -0.557. The molecule has 168 valence electrons. The van der Waals surface area contributed by atoms with Crippen LogP contribution in [0.1, 0.15) is 15.9 Å². The number of rotatable bonds is 7. The minimum absolute atomic E-state index is 0.0823. The second kappa shape index (κ2) is 9.53. The molecule has 4 aromatic rings. The summed E-state index contributed by atoms with van der Waals surface area (Å²) in [4.78, 5) is 33.2. The maximum absolute atomic E-state index is 12.3. The number of hydrogen-bond donors (Lipinski definition) is 1. The molecular formula is C23H16N6O5. The van der Waals surface area contributed by atoms with Gasteiger partial charge in [-0.3, -0.25) is 25.0 Å². The average Bonchev–Trinajstić information content (AvgIpc) is 3.29. The highest BCUT2D eigenvalue weighted by atomic mass is 16.6. The largest absolute Gasteiger partial charge is 0.271 e. The molecule has 34 heavy (non-hydrogen) atoms. The van der Waals surface area contributed by atoms with E-state index in [1.54, 1.807) is 23.0 Å². The van der Waals surface area contributed by atoms with Gasteiger partial charge in [-0.15, -0.1) is 0 Å². The van der Waals surface area contributed by atoms with E-state index in [-0.39, 0.29) is 16.9 Å². The number of non-ortho nitro benzene ring substituents is 2. The highest BCUT2D eigenvalue weighted by molar-refractivity contribution is 5.96. The van der Waals surface area contributed by atoms with Gasteiger partial charge in [0.1, 0.15) is 5.69 Å². The molecule has 0 spiro atoms. The minimum Gasteiger partial charge on any atom is -0.267 e. The number of aromatic nitrogens is 2. The van der Waals surface area contributed by atoms with Crippen LogP contribution in [0.4, 0.5) is 11.4 Å². The van der Waals surface area contributed by atoms with Gasteiger partial charge in [-0.25, -0.2) is 10.1 Å².